The molecule has 7 heteroatoms. The first-order valence-corrected chi connectivity index (χ1v) is 7.90. The number of halogens is 1. The molecule has 0 fully saturated rings. The quantitative estimate of drug-likeness (QED) is 0.820. The molecule has 0 aliphatic carbocycles. The summed E-state index contributed by atoms with van der Waals surface area (Å²) in [6, 6.07) is 13.8. The predicted molar refractivity (Wildman–Crippen MR) is 89.2 cm³/mol. The molecule has 0 aromatic heterocycles. The predicted octanol–water partition coefficient (Wildman–Crippen LogP) is 3.44. The molecule has 0 bridgehead atoms. The van der Waals surface area contributed by atoms with E-state index in [1.165, 1.54) is 11.2 Å². The third kappa shape index (κ3) is 4.56. The number of anilines is 2. The van der Waals surface area contributed by atoms with Crippen LogP contribution < -0.4 is 9.62 Å². The van der Waals surface area contributed by atoms with Crippen LogP contribution >= 0.6 is 11.6 Å². The van der Waals surface area contributed by atoms with Crippen LogP contribution in [-0.2, 0) is 22.6 Å². The van der Waals surface area contributed by atoms with E-state index in [1.54, 1.807) is 42.5 Å². The number of carbonyl (C=O) groups excluding carboxylic acids is 1. The molecule has 1 unspecified atom stereocenters. The topological polar surface area (TPSA) is 69.6 Å². The molecule has 22 heavy (non-hydrogen) atoms. The first-order valence-electron chi connectivity index (χ1n) is 6.46. The van der Waals surface area contributed by atoms with Crippen LogP contribution in [0.4, 0.5) is 11.4 Å². The van der Waals surface area contributed by atoms with Crippen LogP contribution in [0.5, 0.6) is 0 Å². The minimum absolute atomic E-state index is 0.172. The fraction of sp³-hybridized carbons (Fsp3) is 0.133. The Balaban J connectivity index is 2.21. The SMILES string of the molecule is CC(=O)Nc1ccc(N(Cc2cccc(Cl)c2)S(=O)O)cc1. The van der Waals surface area contributed by atoms with Crippen LogP contribution in [0.15, 0.2) is 48.5 Å². The summed E-state index contributed by atoms with van der Waals surface area (Å²) in [6.07, 6.45) is 0. The highest BCUT2D eigenvalue weighted by molar-refractivity contribution is 7.80. The standard InChI is InChI=1S/C15H15ClN2O3S/c1-11(19)17-14-5-7-15(8-6-14)18(22(20)21)10-12-3-2-4-13(16)9-12/h2-9H,10H2,1H3,(H,17,19)(H,20,21). The number of hydrogen-bond donors (Lipinski definition) is 2. The van der Waals surface area contributed by atoms with E-state index in [2.05, 4.69) is 5.32 Å². The first kappa shape index (κ1) is 16.5. The first-order chi connectivity index (χ1) is 10.5. The van der Waals surface area contributed by atoms with Crippen LogP contribution in [0, 0.1) is 0 Å². The highest BCUT2D eigenvalue weighted by atomic mass is 35.5. The van der Waals surface area contributed by atoms with Crippen molar-refractivity contribution in [2.75, 3.05) is 9.62 Å². The molecule has 0 saturated carbocycles. The van der Waals surface area contributed by atoms with Crippen LogP contribution in [0.25, 0.3) is 0 Å². The van der Waals surface area contributed by atoms with Gasteiger partial charge in [-0.1, -0.05) is 23.7 Å². The van der Waals surface area contributed by atoms with Crippen molar-refractivity contribution in [1.82, 2.24) is 0 Å². The van der Waals surface area contributed by atoms with Gasteiger partial charge in [-0.2, -0.15) is 0 Å². The second-order valence-electron chi connectivity index (χ2n) is 4.63. The molecule has 1 amide bonds. The average molecular weight is 339 g/mol. The molecule has 2 N–H and O–H groups in total. The fourth-order valence-electron chi connectivity index (χ4n) is 1.95. The van der Waals surface area contributed by atoms with Gasteiger partial charge in [0.2, 0.25) is 5.91 Å². The third-order valence-electron chi connectivity index (χ3n) is 2.88. The zero-order chi connectivity index (χ0) is 16.1. The maximum absolute atomic E-state index is 11.6. The van der Waals surface area contributed by atoms with E-state index < -0.39 is 11.3 Å². The Morgan fingerprint density at radius 1 is 1.27 bits per heavy atom. The van der Waals surface area contributed by atoms with E-state index >= 15 is 0 Å². The third-order valence-corrected chi connectivity index (χ3v) is 3.83. The van der Waals surface area contributed by atoms with E-state index in [9.17, 15) is 13.6 Å². The fourth-order valence-corrected chi connectivity index (χ4v) is 2.73. The Labute approximate surface area is 136 Å². The molecule has 1 atom stereocenters. The Morgan fingerprint density at radius 2 is 1.95 bits per heavy atom. The molecule has 0 aliphatic heterocycles. The zero-order valence-electron chi connectivity index (χ0n) is 11.8. The Morgan fingerprint density at radius 3 is 2.50 bits per heavy atom. The van der Waals surface area contributed by atoms with Crippen LogP contribution in [-0.4, -0.2) is 14.7 Å². The number of nitrogens with zero attached hydrogens (tertiary/aromatic N) is 1. The monoisotopic (exact) mass is 338 g/mol. The molecular weight excluding hydrogens is 324 g/mol. The number of rotatable bonds is 5. The highest BCUT2D eigenvalue weighted by Crippen LogP contribution is 2.22. The second kappa shape index (κ2) is 7.40. The smallest absolute Gasteiger partial charge is 0.262 e. The molecule has 0 spiro atoms. The van der Waals surface area contributed by atoms with Gasteiger partial charge in [-0.15, -0.1) is 0 Å². The largest absolute Gasteiger partial charge is 0.326 e. The minimum Gasteiger partial charge on any atom is -0.326 e. The van der Waals surface area contributed by atoms with E-state index in [4.69, 9.17) is 11.6 Å². The molecule has 0 saturated heterocycles. The van der Waals surface area contributed by atoms with Crippen molar-refractivity contribution in [3.05, 3.63) is 59.1 Å². The van der Waals surface area contributed by atoms with Gasteiger partial charge in [0.1, 0.15) is 0 Å². The summed E-state index contributed by atoms with van der Waals surface area (Å²) in [4.78, 5) is 11.0. The minimum atomic E-state index is -2.18. The lowest BCUT2D eigenvalue weighted by Crippen LogP contribution is -2.24. The van der Waals surface area contributed by atoms with Crippen LogP contribution in [0.3, 0.4) is 0 Å². The number of benzene rings is 2. The van der Waals surface area contributed by atoms with Crippen molar-refractivity contribution < 1.29 is 13.6 Å². The summed E-state index contributed by atoms with van der Waals surface area (Å²) in [6.45, 7) is 1.66. The number of nitrogens with one attached hydrogen (secondary N) is 1. The Kier molecular flexibility index (Phi) is 5.54. The van der Waals surface area contributed by atoms with Crippen molar-refractivity contribution in [2.45, 2.75) is 13.5 Å². The maximum Gasteiger partial charge on any atom is 0.262 e. The van der Waals surface area contributed by atoms with Crippen LogP contribution in [0.1, 0.15) is 12.5 Å². The Hall–Kier alpha value is -1.89. The van der Waals surface area contributed by atoms with Gasteiger partial charge in [0.25, 0.3) is 11.3 Å². The van der Waals surface area contributed by atoms with Gasteiger partial charge in [-0.05, 0) is 42.0 Å². The van der Waals surface area contributed by atoms with E-state index in [1.807, 2.05) is 6.07 Å². The number of carbonyl (C=O) groups is 1. The van der Waals surface area contributed by atoms with Crippen molar-refractivity contribution >= 4 is 40.1 Å². The summed E-state index contributed by atoms with van der Waals surface area (Å²) >= 11 is 3.75. The molecule has 2 aromatic carbocycles. The molecule has 0 heterocycles. The lowest BCUT2D eigenvalue weighted by atomic mass is 10.2. The second-order valence-corrected chi connectivity index (χ2v) is 5.96. The summed E-state index contributed by atoms with van der Waals surface area (Å²) < 4.78 is 22.4. The lowest BCUT2D eigenvalue weighted by molar-refractivity contribution is -0.114. The van der Waals surface area contributed by atoms with Gasteiger partial charge in [0.15, 0.2) is 0 Å². The summed E-state index contributed by atoms with van der Waals surface area (Å²) in [5.74, 6) is -0.172. The van der Waals surface area contributed by atoms with Crippen LogP contribution in [0.2, 0.25) is 5.02 Å². The molecule has 2 aromatic rings. The highest BCUT2D eigenvalue weighted by Gasteiger charge is 2.13. The van der Waals surface area contributed by atoms with Crippen molar-refractivity contribution in [1.29, 1.82) is 0 Å². The summed E-state index contributed by atoms with van der Waals surface area (Å²) in [7, 11) is 0. The molecule has 116 valence electrons. The van der Waals surface area contributed by atoms with Crippen molar-refractivity contribution in [3.63, 3.8) is 0 Å². The zero-order valence-corrected chi connectivity index (χ0v) is 13.4. The molecular formula is C15H15ClN2O3S. The van der Waals surface area contributed by atoms with Gasteiger partial charge in [0, 0.05) is 17.6 Å². The lowest BCUT2D eigenvalue weighted by Gasteiger charge is -2.20. The van der Waals surface area contributed by atoms with Crippen molar-refractivity contribution in [2.24, 2.45) is 0 Å². The van der Waals surface area contributed by atoms with Gasteiger partial charge in [-0.25, -0.2) is 4.21 Å². The maximum atomic E-state index is 11.6. The van der Waals surface area contributed by atoms with E-state index in [-0.39, 0.29) is 12.5 Å². The Bertz CT molecular complexity index is 691. The number of amides is 1. The van der Waals surface area contributed by atoms with Gasteiger partial charge >= 0.3 is 0 Å². The summed E-state index contributed by atoms with van der Waals surface area (Å²) in [5, 5.41) is 3.22. The number of hydrogen-bond acceptors (Lipinski definition) is 2. The van der Waals surface area contributed by atoms with E-state index in [0.29, 0.717) is 16.4 Å². The molecule has 0 aliphatic rings. The van der Waals surface area contributed by atoms with E-state index in [0.717, 1.165) is 5.56 Å². The molecule has 5 nitrogen and oxygen atoms in total. The van der Waals surface area contributed by atoms with Gasteiger partial charge in [0.05, 0.1) is 12.2 Å². The van der Waals surface area contributed by atoms with Gasteiger partial charge in [-0.3, -0.25) is 13.7 Å². The molecule has 2 rings (SSSR count). The normalized spacial score (nSPS) is 11.8. The summed E-state index contributed by atoms with van der Waals surface area (Å²) in [5.41, 5.74) is 2.01. The van der Waals surface area contributed by atoms with Crippen molar-refractivity contribution in [3.8, 4) is 0 Å². The molecule has 0 radical (unpaired) electrons. The van der Waals surface area contributed by atoms with Gasteiger partial charge < -0.3 is 5.32 Å². The average Bonchev–Trinajstić information content (AvgIpc) is 2.45.